The van der Waals surface area contributed by atoms with Crippen molar-refractivity contribution in [1.29, 1.82) is 0 Å². The van der Waals surface area contributed by atoms with Crippen molar-refractivity contribution in [3.8, 4) is 5.75 Å². The van der Waals surface area contributed by atoms with Gasteiger partial charge in [0.25, 0.3) is 5.24 Å². The van der Waals surface area contributed by atoms with Gasteiger partial charge in [0.15, 0.2) is 5.76 Å². The first kappa shape index (κ1) is 15.4. The lowest BCUT2D eigenvalue weighted by atomic mass is 10.1. The van der Waals surface area contributed by atoms with Gasteiger partial charge in [-0.15, -0.1) is 0 Å². The normalized spacial score (nSPS) is 10.5. The van der Waals surface area contributed by atoms with Crippen molar-refractivity contribution in [1.82, 2.24) is 0 Å². The maximum absolute atomic E-state index is 11.0. The van der Waals surface area contributed by atoms with Gasteiger partial charge >= 0.3 is 0 Å². The number of rotatable bonds is 6. The maximum Gasteiger partial charge on any atom is 0.287 e. The van der Waals surface area contributed by atoms with Crippen molar-refractivity contribution >= 4 is 16.8 Å². The highest BCUT2D eigenvalue weighted by Gasteiger charge is 2.08. The van der Waals surface area contributed by atoms with Crippen molar-refractivity contribution in [2.45, 2.75) is 13.0 Å². The molecular weight excluding hydrogens is 312 g/mol. The monoisotopic (exact) mass is 326 g/mol. The Morgan fingerprint density at radius 1 is 0.913 bits per heavy atom. The number of hydrogen-bond acceptors (Lipinski definition) is 3. The predicted octanol–water partition coefficient (Wildman–Crippen LogP) is 4.83. The number of ether oxygens (including phenoxy) is 1. The van der Waals surface area contributed by atoms with E-state index in [1.807, 2.05) is 42.5 Å². The molecule has 1 heterocycles. The van der Waals surface area contributed by atoms with Crippen molar-refractivity contribution in [2.24, 2.45) is 0 Å². The quantitative estimate of drug-likeness (QED) is 0.609. The smallest absolute Gasteiger partial charge is 0.287 e. The van der Waals surface area contributed by atoms with Gasteiger partial charge in [-0.3, -0.25) is 4.79 Å². The molecule has 0 amide bonds. The Morgan fingerprint density at radius 2 is 1.61 bits per heavy atom. The van der Waals surface area contributed by atoms with Crippen LogP contribution in [0.4, 0.5) is 0 Å². The molecule has 0 saturated heterocycles. The molecule has 0 N–H and O–H groups in total. The third-order valence-corrected chi connectivity index (χ3v) is 3.60. The van der Waals surface area contributed by atoms with E-state index in [1.54, 1.807) is 6.07 Å². The Hall–Kier alpha value is -2.52. The molecule has 0 unspecified atom stereocenters. The zero-order chi connectivity index (χ0) is 16.1. The molecule has 0 bridgehead atoms. The highest BCUT2D eigenvalue weighted by Crippen LogP contribution is 2.18. The second-order valence-electron chi connectivity index (χ2n) is 5.13. The van der Waals surface area contributed by atoms with Crippen LogP contribution in [0.3, 0.4) is 0 Å². The van der Waals surface area contributed by atoms with Crippen molar-refractivity contribution in [3.05, 3.63) is 89.4 Å². The average molecular weight is 327 g/mol. The van der Waals surface area contributed by atoms with Gasteiger partial charge in [-0.25, -0.2) is 0 Å². The van der Waals surface area contributed by atoms with Crippen LogP contribution < -0.4 is 4.74 Å². The van der Waals surface area contributed by atoms with Crippen LogP contribution in [0, 0.1) is 0 Å². The predicted molar refractivity (Wildman–Crippen MR) is 88.9 cm³/mol. The maximum atomic E-state index is 11.0. The second kappa shape index (κ2) is 7.16. The van der Waals surface area contributed by atoms with E-state index >= 15 is 0 Å². The standard InChI is InChI=1S/C19H15ClO3/c20-19(21)18-11-10-17(23-18)13-22-16-8-6-15(7-9-16)12-14-4-2-1-3-5-14/h1-11H,12-13H2. The van der Waals surface area contributed by atoms with Crippen LogP contribution in [-0.2, 0) is 13.0 Å². The Kier molecular flexibility index (Phi) is 4.79. The molecule has 0 aliphatic carbocycles. The fourth-order valence-corrected chi connectivity index (χ4v) is 2.35. The molecule has 0 atom stereocenters. The molecule has 4 heteroatoms. The number of halogens is 1. The van der Waals surface area contributed by atoms with E-state index in [4.69, 9.17) is 20.8 Å². The second-order valence-corrected chi connectivity index (χ2v) is 5.48. The van der Waals surface area contributed by atoms with Crippen LogP contribution >= 0.6 is 11.6 Å². The minimum absolute atomic E-state index is 0.128. The van der Waals surface area contributed by atoms with Gasteiger partial charge < -0.3 is 9.15 Å². The number of furan rings is 1. The molecule has 116 valence electrons. The van der Waals surface area contributed by atoms with Crippen LogP contribution in [0.15, 0.2) is 71.1 Å². The van der Waals surface area contributed by atoms with E-state index in [1.165, 1.54) is 17.2 Å². The summed E-state index contributed by atoms with van der Waals surface area (Å²) < 4.78 is 10.9. The van der Waals surface area contributed by atoms with Crippen LogP contribution in [0.25, 0.3) is 0 Å². The lowest BCUT2D eigenvalue weighted by Gasteiger charge is -2.06. The molecule has 2 aromatic carbocycles. The first-order chi connectivity index (χ1) is 11.2. The summed E-state index contributed by atoms with van der Waals surface area (Å²) in [6.45, 7) is 0.252. The Labute approximate surface area is 139 Å². The summed E-state index contributed by atoms with van der Waals surface area (Å²) in [7, 11) is 0. The molecule has 0 radical (unpaired) electrons. The van der Waals surface area contributed by atoms with Crippen molar-refractivity contribution in [3.63, 3.8) is 0 Å². The lowest BCUT2D eigenvalue weighted by Crippen LogP contribution is -1.94. The van der Waals surface area contributed by atoms with Crippen LogP contribution in [0.5, 0.6) is 5.75 Å². The molecule has 3 aromatic rings. The summed E-state index contributed by atoms with van der Waals surface area (Å²) in [5.74, 6) is 1.43. The molecule has 0 saturated carbocycles. The number of benzene rings is 2. The average Bonchev–Trinajstić information content (AvgIpc) is 3.04. The van der Waals surface area contributed by atoms with Crippen LogP contribution in [0.2, 0.25) is 0 Å². The highest BCUT2D eigenvalue weighted by molar-refractivity contribution is 6.67. The van der Waals surface area contributed by atoms with E-state index in [2.05, 4.69) is 12.1 Å². The summed E-state index contributed by atoms with van der Waals surface area (Å²) in [5, 5.41) is -0.610. The van der Waals surface area contributed by atoms with Crippen LogP contribution in [0.1, 0.15) is 27.4 Å². The van der Waals surface area contributed by atoms with E-state index in [0.29, 0.717) is 5.76 Å². The molecule has 1 aromatic heterocycles. The minimum Gasteiger partial charge on any atom is -0.486 e. The van der Waals surface area contributed by atoms with Gasteiger partial charge in [0.2, 0.25) is 0 Å². The molecule has 0 fully saturated rings. The van der Waals surface area contributed by atoms with Crippen LogP contribution in [-0.4, -0.2) is 5.24 Å². The Balaban J connectivity index is 1.57. The molecule has 3 nitrogen and oxygen atoms in total. The van der Waals surface area contributed by atoms with Crippen molar-refractivity contribution in [2.75, 3.05) is 0 Å². The number of hydrogen-bond donors (Lipinski definition) is 0. The largest absolute Gasteiger partial charge is 0.486 e. The summed E-state index contributed by atoms with van der Waals surface area (Å²) in [5.41, 5.74) is 2.49. The van der Waals surface area contributed by atoms with Gasteiger partial charge in [-0.05, 0) is 53.4 Å². The molecule has 23 heavy (non-hydrogen) atoms. The number of carbonyl (C=O) groups is 1. The summed E-state index contributed by atoms with van der Waals surface area (Å²) in [6, 6.07) is 21.5. The molecular formula is C19H15ClO3. The van der Waals surface area contributed by atoms with E-state index in [-0.39, 0.29) is 12.4 Å². The first-order valence-electron chi connectivity index (χ1n) is 7.25. The third kappa shape index (κ3) is 4.24. The Morgan fingerprint density at radius 3 is 2.26 bits per heavy atom. The molecule has 0 aliphatic rings. The molecule has 3 rings (SSSR count). The van der Waals surface area contributed by atoms with Gasteiger partial charge in [-0.2, -0.15) is 0 Å². The van der Waals surface area contributed by atoms with E-state index in [9.17, 15) is 4.79 Å². The SMILES string of the molecule is O=C(Cl)c1ccc(COc2ccc(Cc3ccccc3)cc2)o1. The third-order valence-electron chi connectivity index (χ3n) is 3.41. The van der Waals surface area contributed by atoms with Gasteiger partial charge in [0, 0.05) is 0 Å². The van der Waals surface area contributed by atoms with E-state index in [0.717, 1.165) is 12.2 Å². The Bertz CT molecular complexity index is 776. The minimum atomic E-state index is -0.610. The summed E-state index contributed by atoms with van der Waals surface area (Å²) >= 11 is 5.34. The van der Waals surface area contributed by atoms with Gasteiger partial charge in [-0.1, -0.05) is 42.5 Å². The fourth-order valence-electron chi connectivity index (χ4n) is 2.25. The first-order valence-corrected chi connectivity index (χ1v) is 7.63. The summed E-state index contributed by atoms with van der Waals surface area (Å²) in [6.07, 6.45) is 0.889. The van der Waals surface area contributed by atoms with E-state index < -0.39 is 5.24 Å². The molecule has 0 aliphatic heterocycles. The lowest BCUT2D eigenvalue weighted by molar-refractivity contribution is 0.105. The zero-order valence-electron chi connectivity index (χ0n) is 12.4. The molecule has 0 spiro atoms. The van der Waals surface area contributed by atoms with Crippen molar-refractivity contribution < 1.29 is 13.9 Å². The summed E-state index contributed by atoms with van der Waals surface area (Å²) in [4.78, 5) is 11.0. The highest BCUT2D eigenvalue weighted by atomic mass is 35.5. The van der Waals surface area contributed by atoms with Gasteiger partial charge in [0.1, 0.15) is 18.1 Å². The topological polar surface area (TPSA) is 39.4 Å². The fraction of sp³-hybridized carbons (Fsp3) is 0.105. The van der Waals surface area contributed by atoms with Gasteiger partial charge in [0.05, 0.1) is 0 Å². The number of carbonyl (C=O) groups excluding carboxylic acids is 1. The zero-order valence-corrected chi connectivity index (χ0v) is 13.1.